The molecule has 2 atom stereocenters. The molecule has 4 nitrogen and oxygen atoms in total. The maximum atomic E-state index is 10.2. The summed E-state index contributed by atoms with van der Waals surface area (Å²) in [6.45, 7) is 2.02. The van der Waals surface area contributed by atoms with Gasteiger partial charge in [0.15, 0.2) is 5.96 Å². The number of nitrogens with zero attached hydrogens (tertiary/aromatic N) is 2. The molecule has 1 aliphatic heterocycles. The molecule has 21 heavy (non-hydrogen) atoms. The first-order valence-electron chi connectivity index (χ1n) is 6.89. The topological polar surface area (TPSA) is 61.8 Å². The van der Waals surface area contributed by atoms with Crippen LogP contribution in [0, 0.1) is 0 Å². The fraction of sp³-hybridized carbons (Fsp3) is 0.312. The molecule has 0 amide bonds. The minimum atomic E-state index is -0.614. The Labute approximate surface area is 128 Å². The number of hydrogen-bond donors (Lipinski definition) is 2. The molecule has 0 fully saturated rings. The lowest BCUT2D eigenvalue weighted by atomic mass is 9.86. The standard InChI is InChI=1S/C16H19N3OS/c1-16(9-14(20)19(2)15(17)18-16)13-5-3-4-11(8-13)12-6-7-21-10-12/h3-8,10,14,20H,9H2,1-2H3,(H2,17,18). The van der Waals surface area contributed by atoms with Crippen LogP contribution in [0.1, 0.15) is 18.9 Å². The summed E-state index contributed by atoms with van der Waals surface area (Å²) >= 11 is 1.68. The monoisotopic (exact) mass is 301 g/mol. The zero-order valence-electron chi connectivity index (χ0n) is 12.2. The molecule has 0 aliphatic carbocycles. The summed E-state index contributed by atoms with van der Waals surface area (Å²) < 4.78 is 0. The number of nitrogens with two attached hydrogens (primary N) is 1. The third-order valence-electron chi connectivity index (χ3n) is 4.09. The average molecular weight is 301 g/mol. The summed E-state index contributed by atoms with van der Waals surface area (Å²) in [7, 11) is 1.75. The highest BCUT2D eigenvalue weighted by Crippen LogP contribution is 2.36. The van der Waals surface area contributed by atoms with Crippen LogP contribution in [0.25, 0.3) is 11.1 Å². The molecule has 0 spiro atoms. The van der Waals surface area contributed by atoms with Gasteiger partial charge in [-0.3, -0.25) is 0 Å². The second-order valence-corrected chi connectivity index (χ2v) is 6.41. The molecule has 1 aromatic carbocycles. The van der Waals surface area contributed by atoms with E-state index in [1.54, 1.807) is 23.3 Å². The predicted molar refractivity (Wildman–Crippen MR) is 87.1 cm³/mol. The lowest BCUT2D eigenvalue weighted by Gasteiger charge is -2.38. The molecule has 110 valence electrons. The van der Waals surface area contributed by atoms with Crippen LogP contribution in [0.5, 0.6) is 0 Å². The van der Waals surface area contributed by atoms with Gasteiger partial charge in [0.1, 0.15) is 6.23 Å². The van der Waals surface area contributed by atoms with Gasteiger partial charge in [0.2, 0.25) is 0 Å². The van der Waals surface area contributed by atoms with E-state index in [0.717, 1.165) is 11.1 Å². The Hall–Kier alpha value is -1.85. The zero-order chi connectivity index (χ0) is 15.0. The summed E-state index contributed by atoms with van der Waals surface area (Å²) in [5, 5.41) is 14.4. The van der Waals surface area contributed by atoms with Gasteiger partial charge in [-0.2, -0.15) is 11.3 Å². The molecule has 0 saturated carbocycles. The summed E-state index contributed by atoms with van der Waals surface area (Å²) in [5.41, 5.74) is 8.87. The van der Waals surface area contributed by atoms with Crippen LogP contribution in [0.3, 0.4) is 0 Å². The smallest absolute Gasteiger partial charge is 0.193 e. The molecular formula is C16H19N3OS. The second-order valence-electron chi connectivity index (χ2n) is 5.63. The number of hydrogen-bond acceptors (Lipinski definition) is 5. The summed E-state index contributed by atoms with van der Waals surface area (Å²) in [6.07, 6.45) is -0.0885. The summed E-state index contributed by atoms with van der Waals surface area (Å²) in [6, 6.07) is 10.4. The van der Waals surface area contributed by atoms with Crippen molar-refractivity contribution in [1.29, 1.82) is 0 Å². The number of aliphatic hydroxyl groups excluding tert-OH is 1. The van der Waals surface area contributed by atoms with Crippen LogP contribution in [0.15, 0.2) is 46.1 Å². The minimum Gasteiger partial charge on any atom is -0.373 e. The van der Waals surface area contributed by atoms with Gasteiger partial charge in [0.25, 0.3) is 0 Å². The lowest BCUT2D eigenvalue weighted by molar-refractivity contribution is 0.0292. The van der Waals surface area contributed by atoms with Crippen molar-refractivity contribution in [2.24, 2.45) is 10.7 Å². The van der Waals surface area contributed by atoms with Gasteiger partial charge in [0.05, 0.1) is 5.54 Å². The number of thiophene rings is 1. The van der Waals surface area contributed by atoms with Crippen LogP contribution < -0.4 is 5.73 Å². The summed E-state index contributed by atoms with van der Waals surface area (Å²) in [4.78, 5) is 6.20. The highest BCUT2D eigenvalue weighted by molar-refractivity contribution is 7.08. The SMILES string of the molecule is CN1C(N)=NC(C)(c2cccc(-c3ccsc3)c2)CC1O. The van der Waals surface area contributed by atoms with Gasteiger partial charge in [-0.25, -0.2) is 4.99 Å². The molecule has 2 unspecified atom stereocenters. The number of benzene rings is 1. The normalized spacial score (nSPS) is 25.8. The third-order valence-corrected chi connectivity index (χ3v) is 4.77. The van der Waals surface area contributed by atoms with Crippen molar-refractivity contribution < 1.29 is 5.11 Å². The fourth-order valence-electron chi connectivity index (χ4n) is 2.67. The van der Waals surface area contributed by atoms with E-state index < -0.39 is 11.8 Å². The molecule has 1 aromatic heterocycles. The zero-order valence-corrected chi connectivity index (χ0v) is 13.0. The van der Waals surface area contributed by atoms with E-state index in [0.29, 0.717) is 12.4 Å². The van der Waals surface area contributed by atoms with Gasteiger partial charge in [-0.15, -0.1) is 0 Å². The third kappa shape index (κ3) is 2.54. The molecular weight excluding hydrogens is 282 g/mol. The van der Waals surface area contributed by atoms with E-state index in [2.05, 4.69) is 34.0 Å². The highest BCUT2D eigenvalue weighted by atomic mass is 32.1. The molecule has 2 aromatic rings. The molecule has 2 heterocycles. The first-order chi connectivity index (χ1) is 9.99. The summed E-state index contributed by atoms with van der Waals surface area (Å²) in [5.74, 6) is 0.372. The molecule has 3 rings (SSSR count). The lowest BCUT2D eigenvalue weighted by Crippen LogP contribution is -2.50. The fourth-order valence-corrected chi connectivity index (χ4v) is 3.33. The van der Waals surface area contributed by atoms with Crippen LogP contribution in [0.4, 0.5) is 0 Å². The van der Waals surface area contributed by atoms with Gasteiger partial charge < -0.3 is 15.7 Å². The van der Waals surface area contributed by atoms with Crippen molar-refractivity contribution in [1.82, 2.24) is 4.90 Å². The van der Waals surface area contributed by atoms with Crippen molar-refractivity contribution in [2.45, 2.75) is 25.1 Å². The quantitative estimate of drug-likeness (QED) is 0.896. The number of aliphatic imine (C=N–C) groups is 1. The van der Waals surface area contributed by atoms with Crippen LogP contribution in [-0.4, -0.2) is 29.2 Å². The van der Waals surface area contributed by atoms with E-state index in [9.17, 15) is 5.11 Å². The van der Waals surface area contributed by atoms with Crippen LogP contribution in [0.2, 0.25) is 0 Å². The van der Waals surface area contributed by atoms with Crippen molar-refractivity contribution in [3.8, 4) is 11.1 Å². The van der Waals surface area contributed by atoms with E-state index in [-0.39, 0.29) is 0 Å². The maximum Gasteiger partial charge on any atom is 0.193 e. The number of aliphatic hydroxyl groups is 1. The predicted octanol–water partition coefficient (Wildman–Crippen LogP) is 2.60. The molecule has 0 saturated heterocycles. The number of guanidine groups is 1. The first-order valence-corrected chi connectivity index (χ1v) is 7.83. The van der Waals surface area contributed by atoms with E-state index in [4.69, 9.17) is 5.73 Å². The van der Waals surface area contributed by atoms with Crippen molar-refractivity contribution in [3.63, 3.8) is 0 Å². The van der Waals surface area contributed by atoms with Crippen molar-refractivity contribution >= 4 is 17.3 Å². The Bertz CT molecular complexity index is 668. The Morgan fingerprint density at radius 3 is 2.86 bits per heavy atom. The van der Waals surface area contributed by atoms with Crippen molar-refractivity contribution in [3.05, 3.63) is 46.7 Å². The molecule has 1 aliphatic rings. The number of rotatable bonds is 2. The van der Waals surface area contributed by atoms with Crippen LogP contribution in [-0.2, 0) is 5.54 Å². The highest BCUT2D eigenvalue weighted by Gasteiger charge is 2.36. The Morgan fingerprint density at radius 1 is 1.38 bits per heavy atom. The second kappa shape index (κ2) is 5.16. The Morgan fingerprint density at radius 2 is 2.19 bits per heavy atom. The van der Waals surface area contributed by atoms with Crippen molar-refractivity contribution in [2.75, 3.05) is 7.05 Å². The van der Waals surface area contributed by atoms with E-state index in [1.807, 2.05) is 19.1 Å². The Balaban J connectivity index is 2.02. The van der Waals surface area contributed by atoms with E-state index >= 15 is 0 Å². The molecule has 0 bridgehead atoms. The maximum absolute atomic E-state index is 10.2. The molecule has 0 radical (unpaired) electrons. The van der Waals surface area contributed by atoms with Gasteiger partial charge in [0, 0.05) is 13.5 Å². The van der Waals surface area contributed by atoms with Gasteiger partial charge in [-0.05, 0) is 46.5 Å². The van der Waals surface area contributed by atoms with Crippen LogP contribution >= 0.6 is 11.3 Å². The van der Waals surface area contributed by atoms with Gasteiger partial charge in [-0.1, -0.05) is 18.2 Å². The van der Waals surface area contributed by atoms with Gasteiger partial charge >= 0.3 is 0 Å². The molecule has 5 heteroatoms. The largest absolute Gasteiger partial charge is 0.373 e. The average Bonchev–Trinajstić information content (AvgIpc) is 2.99. The first kappa shape index (κ1) is 14.1. The minimum absolute atomic E-state index is 0.372. The molecule has 3 N–H and O–H groups in total. The van der Waals surface area contributed by atoms with E-state index in [1.165, 1.54) is 5.56 Å². The Kier molecular flexibility index (Phi) is 3.47.